The van der Waals surface area contributed by atoms with Gasteiger partial charge in [0.1, 0.15) is 12.4 Å². The molecule has 0 aliphatic rings. The van der Waals surface area contributed by atoms with Crippen LogP contribution in [-0.2, 0) is 6.61 Å². The molecule has 7 heteroatoms. The summed E-state index contributed by atoms with van der Waals surface area (Å²) in [5.74, 6) is 2.06. The molecule has 0 aromatic heterocycles. The fourth-order valence-corrected chi connectivity index (χ4v) is 2.80. The monoisotopic (exact) mass is 421 g/mol. The van der Waals surface area contributed by atoms with Gasteiger partial charge in [-0.25, -0.2) is 0 Å². The summed E-state index contributed by atoms with van der Waals surface area (Å²) in [5.41, 5.74) is 5.61. The Labute approximate surface area is 181 Å². The van der Waals surface area contributed by atoms with E-state index in [2.05, 4.69) is 15.8 Å². The first-order valence-electron chi connectivity index (χ1n) is 9.27. The first-order valence-corrected chi connectivity index (χ1v) is 9.67. The van der Waals surface area contributed by atoms with Gasteiger partial charge in [-0.3, -0.25) is 5.43 Å². The third-order valence-electron chi connectivity index (χ3n) is 4.15. The molecule has 0 heterocycles. The minimum absolute atomic E-state index is 0.362. The molecule has 0 spiro atoms. The Hall–Kier alpha value is -3.58. The molecule has 0 unspecified atom stereocenters. The second kappa shape index (κ2) is 10.8. The van der Waals surface area contributed by atoms with E-state index in [0.717, 1.165) is 22.6 Å². The zero-order valence-corrected chi connectivity index (χ0v) is 17.6. The van der Waals surface area contributed by atoms with Crippen LogP contribution in [0.2, 0.25) is 0 Å². The normalized spacial score (nSPS) is 10.5. The van der Waals surface area contributed by atoms with Gasteiger partial charge in [-0.1, -0.05) is 30.3 Å². The summed E-state index contributed by atoms with van der Waals surface area (Å²) in [4.78, 5) is 0. The van der Waals surface area contributed by atoms with E-state index in [0.29, 0.717) is 23.2 Å². The van der Waals surface area contributed by atoms with Gasteiger partial charge in [0.2, 0.25) is 0 Å². The van der Waals surface area contributed by atoms with Crippen LogP contribution in [-0.4, -0.2) is 25.5 Å². The van der Waals surface area contributed by atoms with Crippen LogP contribution in [0.5, 0.6) is 17.2 Å². The summed E-state index contributed by atoms with van der Waals surface area (Å²) in [6.07, 6.45) is 1.68. The van der Waals surface area contributed by atoms with Crippen molar-refractivity contribution in [2.75, 3.05) is 19.5 Å². The number of anilines is 1. The Bertz CT molecular complexity index is 992. The highest BCUT2D eigenvalue weighted by molar-refractivity contribution is 7.80. The quantitative estimate of drug-likeness (QED) is 0.315. The van der Waals surface area contributed by atoms with Crippen molar-refractivity contribution in [3.8, 4) is 17.2 Å². The maximum atomic E-state index is 5.78. The fraction of sp³-hybridized carbons (Fsp3) is 0.130. The zero-order chi connectivity index (χ0) is 21.2. The Balaban J connectivity index is 1.48. The molecule has 30 heavy (non-hydrogen) atoms. The van der Waals surface area contributed by atoms with Crippen LogP contribution >= 0.6 is 12.2 Å². The molecule has 154 valence electrons. The molecule has 0 aliphatic carbocycles. The van der Waals surface area contributed by atoms with Crippen LogP contribution in [0.3, 0.4) is 0 Å². The molecule has 3 rings (SSSR count). The molecule has 0 bridgehead atoms. The molecule has 0 aliphatic heterocycles. The largest absolute Gasteiger partial charge is 0.493 e. The molecular formula is C23H23N3O3S. The second-order valence-corrected chi connectivity index (χ2v) is 6.65. The third kappa shape index (κ3) is 6.22. The lowest BCUT2D eigenvalue weighted by molar-refractivity contribution is 0.306. The fourth-order valence-electron chi connectivity index (χ4n) is 2.63. The average Bonchev–Trinajstić information content (AvgIpc) is 2.79. The van der Waals surface area contributed by atoms with Crippen LogP contribution in [0.25, 0.3) is 0 Å². The van der Waals surface area contributed by atoms with Gasteiger partial charge in [0.05, 0.1) is 20.4 Å². The first kappa shape index (κ1) is 21.1. The summed E-state index contributed by atoms with van der Waals surface area (Å²) in [7, 11) is 3.17. The van der Waals surface area contributed by atoms with Gasteiger partial charge in [0.25, 0.3) is 0 Å². The van der Waals surface area contributed by atoms with E-state index in [-0.39, 0.29) is 0 Å². The van der Waals surface area contributed by atoms with E-state index in [1.807, 2.05) is 60.7 Å². The minimum Gasteiger partial charge on any atom is -0.493 e. The van der Waals surface area contributed by atoms with Gasteiger partial charge in [-0.2, -0.15) is 5.10 Å². The highest BCUT2D eigenvalue weighted by Crippen LogP contribution is 2.29. The predicted molar refractivity (Wildman–Crippen MR) is 124 cm³/mol. The molecule has 0 saturated carbocycles. The van der Waals surface area contributed by atoms with Crippen molar-refractivity contribution < 1.29 is 14.2 Å². The number of benzene rings is 3. The lowest BCUT2D eigenvalue weighted by Crippen LogP contribution is -2.23. The second-order valence-electron chi connectivity index (χ2n) is 6.24. The molecule has 2 N–H and O–H groups in total. The van der Waals surface area contributed by atoms with Gasteiger partial charge in [-0.05, 0) is 59.7 Å². The van der Waals surface area contributed by atoms with Gasteiger partial charge in [0.15, 0.2) is 16.6 Å². The highest BCUT2D eigenvalue weighted by Gasteiger charge is 2.05. The maximum absolute atomic E-state index is 5.78. The molecule has 3 aromatic carbocycles. The Morgan fingerprint density at radius 3 is 2.37 bits per heavy atom. The number of nitrogens with one attached hydrogen (secondary N) is 2. The van der Waals surface area contributed by atoms with E-state index in [4.69, 9.17) is 26.4 Å². The number of nitrogens with zero attached hydrogens (tertiary/aromatic N) is 1. The van der Waals surface area contributed by atoms with E-state index in [1.165, 1.54) is 0 Å². The molecule has 3 aromatic rings. The maximum Gasteiger partial charge on any atom is 0.191 e. The van der Waals surface area contributed by atoms with Crippen molar-refractivity contribution in [2.24, 2.45) is 5.10 Å². The van der Waals surface area contributed by atoms with Crippen LogP contribution < -0.4 is 25.0 Å². The summed E-state index contributed by atoms with van der Waals surface area (Å²) >= 11 is 5.27. The van der Waals surface area contributed by atoms with E-state index in [9.17, 15) is 0 Å². The van der Waals surface area contributed by atoms with Crippen LogP contribution in [0.4, 0.5) is 5.69 Å². The summed E-state index contributed by atoms with van der Waals surface area (Å²) < 4.78 is 16.3. The molecule has 0 fully saturated rings. The van der Waals surface area contributed by atoms with Crippen molar-refractivity contribution in [1.29, 1.82) is 0 Å². The Morgan fingerprint density at radius 1 is 0.933 bits per heavy atom. The number of methoxy groups -OCH3 is 2. The number of hydrazone groups is 1. The lowest BCUT2D eigenvalue weighted by atomic mass is 10.2. The van der Waals surface area contributed by atoms with Crippen molar-refractivity contribution >= 4 is 29.2 Å². The Kier molecular flexibility index (Phi) is 7.63. The van der Waals surface area contributed by atoms with Gasteiger partial charge in [0, 0.05) is 11.8 Å². The van der Waals surface area contributed by atoms with Crippen LogP contribution in [0, 0.1) is 0 Å². The molecule has 6 nitrogen and oxygen atoms in total. The van der Waals surface area contributed by atoms with Crippen molar-refractivity contribution in [1.82, 2.24) is 5.43 Å². The lowest BCUT2D eigenvalue weighted by Gasteiger charge is -2.11. The minimum atomic E-state index is 0.362. The number of thiocarbonyl (C=S) groups is 1. The molecular weight excluding hydrogens is 398 g/mol. The number of rotatable bonds is 8. The SMILES string of the molecule is COc1ccc(NC(=S)N/N=C\c2ccc(OCc3ccccc3)cc2)cc1OC. The number of ether oxygens (including phenoxy) is 3. The van der Waals surface area contributed by atoms with E-state index in [1.54, 1.807) is 32.6 Å². The van der Waals surface area contributed by atoms with Crippen molar-refractivity contribution in [2.45, 2.75) is 6.61 Å². The highest BCUT2D eigenvalue weighted by atomic mass is 32.1. The topological polar surface area (TPSA) is 64.1 Å². The zero-order valence-electron chi connectivity index (χ0n) is 16.8. The molecule has 0 radical (unpaired) electrons. The molecule has 0 atom stereocenters. The summed E-state index contributed by atoms with van der Waals surface area (Å²) in [6.45, 7) is 0.534. The third-order valence-corrected chi connectivity index (χ3v) is 4.34. The number of hydrogen-bond donors (Lipinski definition) is 2. The van der Waals surface area contributed by atoms with Gasteiger partial charge < -0.3 is 19.5 Å². The first-order chi connectivity index (χ1) is 14.7. The summed E-state index contributed by atoms with van der Waals surface area (Å²) in [5, 5.41) is 7.57. The van der Waals surface area contributed by atoms with E-state index >= 15 is 0 Å². The summed E-state index contributed by atoms with van der Waals surface area (Å²) in [6, 6.07) is 23.2. The predicted octanol–water partition coefficient (Wildman–Crippen LogP) is 4.60. The standard InChI is InChI=1S/C23H23N3O3S/c1-27-21-13-10-19(14-22(21)28-2)25-23(30)26-24-15-17-8-11-20(12-9-17)29-16-18-6-4-3-5-7-18/h3-15H,16H2,1-2H3,(H2,25,26,30)/b24-15-. The van der Waals surface area contributed by atoms with Gasteiger partial charge in [-0.15, -0.1) is 0 Å². The molecule has 0 amide bonds. The number of hydrogen-bond acceptors (Lipinski definition) is 5. The van der Waals surface area contributed by atoms with Crippen LogP contribution in [0.15, 0.2) is 77.9 Å². The van der Waals surface area contributed by atoms with Gasteiger partial charge >= 0.3 is 0 Å². The average molecular weight is 422 g/mol. The van der Waals surface area contributed by atoms with E-state index < -0.39 is 0 Å². The Morgan fingerprint density at radius 2 is 1.67 bits per heavy atom. The molecule has 0 saturated heterocycles. The van der Waals surface area contributed by atoms with Crippen LogP contribution in [0.1, 0.15) is 11.1 Å². The van der Waals surface area contributed by atoms with Crippen molar-refractivity contribution in [3.05, 3.63) is 83.9 Å². The van der Waals surface area contributed by atoms with Crippen molar-refractivity contribution in [3.63, 3.8) is 0 Å². The smallest absolute Gasteiger partial charge is 0.191 e.